The minimum absolute atomic E-state index is 1.16. The molecule has 0 aliphatic rings. The van der Waals surface area contributed by atoms with Crippen molar-refractivity contribution >= 4 is 43.6 Å². The first-order valence-corrected chi connectivity index (χ1v) is 12.6. The molecule has 0 aliphatic heterocycles. The number of para-hydroxylation sites is 3. The molecule has 0 unspecified atom stereocenters. The van der Waals surface area contributed by atoms with Crippen LogP contribution in [0.4, 0.5) is 0 Å². The lowest BCUT2D eigenvalue weighted by Crippen LogP contribution is -1.95. The Morgan fingerprint density at radius 1 is 0.351 bits per heavy atom. The molecule has 0 amide bonds. The molecule has 0 fully saturated rings. The Hall–Kier alpha value is -5.02. The summed E-state index contributed by atoms with van der Waals surface area (Å²) in [5, 5.41) is 4.98. The van der Waals surface area contributed by atoms with Crippen LogP contribution in [0.2, 0.25) is 0 Å². The molecule has 0 saturated heterocycles. The van der Waals surface area contributed by atoms with Crippen molar-refractivity contribution in [3.05, 3.63) is 140 Å². The Balaban J connectivity index is 1.43. The van der Waals surface area contributed by atoms with E-state index in [2.05, 4.69) is 153 Å². The second kappa shape index (κ2) is 7.74. The van der Waals surface area contributed by atoms with Crippen molar-refractivity contribution in [3.8, 4) is 17.1 Å². The van der Waals surface area contributed by atoms with Gasteiger partial charge < -0.3 is 13.7 Å². The molecule has 3 aromatic heterocycles. The van der Waals surface area contributed by atoms with E-state index in [-0.39, 0.29) is 0 Å². The number of fused-ring (bicyclic) bond motifs is 5. The maximum atomic E-state index is 2.37. The van der Waals surface area contributed by atoms with Gasteiger partial charge in [0.1, 0.15) is 0 Å². The summed E-state index contributed by atoms with van der Waals surface area (Å²) in [6, 6.07) is 45.7. The van der Waals surface area contributed by atoms with Crippen LogP contribution < -0.4 is 0 Å². The van der Waals surface area contributed by atoms with E-state index in [0.717, 1.165) is 11.4 Å². The van der Waals surface area contributed by atoms with Gasteiger partial charge in [-0.15, -0.1) is 0 Å². The van der Waals surface area contributed by atoms with Gasteiger partial charge in [0, 0.05) is 40.2 Å². The summed E-state index contributed by atoms with van der Waals surface area (Å²) in [5.41, 5.74) is 8.34. The standard InChI is InChI=1S/C34H23N3/c1-2-10-26(11-3-1)37-33-16-14-27(35-20-18-24-8-4-6-12-31(24)35)22-29(33)30-23-28(15-17-34(30)37)36-21-19-25-9-5-7-13-32(25)36/h1-23H. The summed E-state index contributed by atoms with van der Waals surface area (Å²) in [6.45, 7) is 0. The van der Waals surface area contributed by atoms with Crippen molar-refractivity contribution in [1.29, 1.82) is 0 Å². The average molecular weight is 474 g/mol. The minimum Gasteiger partial charge on any atom is -0.317 e. The van der Waals surface area contributed by atoms with E-state index in [4.69, 9.17) is 0 Å². The normalized spacial score (nSPS) is 11.8. The van der Waals surface area contributed by atoms with Crippen LogP contribution in [0.15, 0.2) is 140 Å². The fraction of sp³-hybridized carbons (Fsp3) is 0. The third-order valence-electron chi connectivity index (χ3n) is 7.50. The largest absolute Gasteiger partial charge is 0.317 e. The molecular weight excluding hydrogens is 450 g/mol. The van der Waals surface area contributed by atoms with Crippen LogP contribution in [0.5, 0.6) is 0 Å². The Kier molecular flexibility index (Phi) is 4.23. The Bertz CT molecular complexity index is 1960. The predicted octanol–water partition coefficient (Wildman–Crippen LogP) is 8.67. The average Bonchev–Trinajstić information content (AvgIpc) is 3.67. The van der Waals surface area contributed by atoms with Crippen molar-refractivity contribution in [2.24, 2.45) is 0 Å². The summed E-state index contributed by atoms with van der Waals surface area (Å²) in [5.74, 6) is 0. The SMILES string of the molecule is c1ccc(-n2c3ccc(-n4ccc5ccccc54)cc3c3cc(-n4ccc5ccccc54)ccc32)cc1. The van der Waals surface area contributed by atoms with Gasteiger partial charge in [-0.25, -0.2) is 0 Å². The first kappa shape index (κ1) is 20.2. The fourth-order valence-corrected chi connectivity index (χ4v) is 5.77. The van der Waals surface area contributed by atoms with Crippen molar-refractivity contribution < 1.29 is 0 Å². The van der Waals surface area contributed by atoms with Gasteiger partial charge in [-0.3, -0.25) is 0 Å². The van der Waals surface area contributed by atoms with Gasteiger partial charge in [-0.2, -0.15) is 0 Å². The zero-order valence-electron chi connectivity index (χ0n) is 20.1. The highest BCUT2D eigenvalue weighted by molar-refractivity contribution is 6.10. The second-order valence-corrected chi connectivity index (χ2v) is 9.56. The van der Waals surface area contributed by atoms with Crippen LogP contribution in [-0.2, 0) is 0 Å². The summed E-state index contributed by atoms with van der Waals surface area (Å²) in [6.07, 6.45) is 4.33. The molecular formula is C34H23N3. The molecule has 5 aromatic carbocycles. The van der Waals surface area contributed by atoms with Crippen molar-refractivity contribution in [2.45, 2.75) is 0 Å². The molecule has 37 heavy (non-hydrogen) atoms. The Labute approximate surface area is 214 Å². The van der Waals surface area contributed by atoms with Gasteiger partial charge in [0.2, 0.25) is 0 Å². The molecule has 0 radical (unpaired) electrons. The molecule has 3 nitrogen and oxygen atoms in total. The van der Waals surface area contributed by atoms with Crippen LogP contribution in [0, 0.1) is 0 Å². The second-order valence-electron chi connectivity index (χ2n) is 9.56. The highest BCUT2D eigenvalue weighted by atomic mass is 15.0. The van der Waals surface area contributed by atoms with Gasteiger partial charge in [0.05, 0.1) is 22.1 Å². The number of benzene rings is 5. The predicted molar refractivity (Wildman–Crippen MR) is 154 cm³/mol. The Morgan fingerprint density at radius 3 is 1.38 bits per heavy atom. The number of nitrogens with zero attached hydrogens (tertiary/aromatic N) is 3. The Morgan fingerprint density at radius 2 is 0.838 bits per heavy atom. The van der Waals surface area contributed by atoms with Crippen LogP contribution in [0.3, 0.4) is 0 Å². The lowest BCUT2D eigenvalue weighted by Gasteiger charge is -2.09. The number of hydrogen-bond acceptors (Lipinski definition) is 0. The van der Waals surface area contributed by atoms with Gasteiger partial charge in [-0.1, -0.05) is 54.6 Å². The molecule has 0 atom stereocenters. The molecule has 0 bridgehead atoms. The van der Waals surface area contributed by atoms with Crippen LogP contribution in [-0.4, -0.2) is 13.7 Å². The van der Waals surface area contributed by atoms with E-state index in [1.54, 1.807) is 0 Å². The van der Waals surface area contributed by atoms with Crippen molar-refractivity contribution in [1.82, 2.24) is 13.7 Å². The first-order valence-electron chi connectivity index (χ1n) is 12.6. The molecule has 8 rings (SSSR count). The van der Waals surface area contributed by atoms with E-state index in [0.29, 0.717) is 0 Å². The molecule has 0 spiro atoms. The molecule has 174 valence electrons. The lowest BCUT2D eigenvalue weighted by atomic mass is 10.1. The van der Waals surface area contributed by atoms with Crippen LogP contribution in [0.1, 0.15) is 0 Å². The third kappa shape index (κ3) is 3.01. The maximum absolute atomic E-state index is 2.37. The summed E-state index contributed by atoms with van der Waals surface area (Å²) >= 11 is 0. The molecule has 0 saturated carbocycles. The highest BCUT2D eigenvalue weighted by Crippen LogP contribution is 2.36. The van der Waals surface area contributed by atoms with E-state index in [9.17, 15) is 0 Å². The summed E-state index contributed by atoms with van der Waals surface area (Å²) in [7, 11) is 0. The molecule has 3 heterocycles. The van der Waals surface area contributed by atoms with Gasteiger partial charge in [0.15, 0.2) is 0 Å². The molecule has 0 aliphatic carbocycles. The van der Waals surface area contributed by atoms with Gasteiger partial charge >= 0.3 is 0 Å². The summed E-state index contributed by atoms with van der Waals surface area (Å²) < 4.78 is 6.94. The molecule has 0 N–H and O–H groups in total. The number of aromatic nitrogens is 3. The van der Waals surface area contributed by atoms with E-state index < -0.39 is 0 Å². The number of hydrogen-bond donors (Lipinski definition) is 0. The van der Waals surface area contributed by atoms with Crippen molar-refractivity contribution in [2.75, 3.05) is 0 Å². The topological polar surface area (TPSA) is 14.8 Å². The van der Waals surface area contributed by atoms with Crippen molar-refractivity contribution in [3.63, 3.8) is 0 Å². The molecule has 3 heteroatoms. The van der Waals surface area contributed by atoms with Crippen LogP contribution >= 0.6 is 0 Å². The van der Waals surface area contributed by atoms with E-state index in [1.807, 2.05) is 0 Å². The van der Waals surface area contributed by atoms with Crippen LogP contribution in [0.25, 0.3) is 60.7 Å². The van der Waals surface area contributed by atoms with Gasteiger partial charge in [-0.05, 0) is 83.6 Å². The number of rotatable bonds is 3. The lowest BCUT2D eigenvalue weighted by molar-refractivity contribution is 1.13. The van der Waals surface area contributed by atoms with E-state index in [1.165, 1.54) is 49.3 Å². The quantitative estimate of drug-likeness (QED) is 0.244. The highest BCUT2D eigenvalue weighted by Gasteiger charge is 2.15. The first-order chi connectivity index (χ1) is 18.3. The smallest absolute Gasteiger partial charge is 0.0542 e. The molecule has 8 aromatic rings. The maximum Gasteiger partial charge on any atom is 0.0542 e. The fourth-order valence-electron chi connectivity index (χ4n) is 5.77. The zero-order valence-corrected chi connectivity index (χ0v) is 20.1. The summed E-state index contributed by atoms with van der Waals surface area (Å²) in [4.78, 5) is 0. The minimum atomic E-state index is 1.16. The van der Waals surface area contributed by atoms with E-state index >= 15 is 0 Å². The third-order valence-corrected chi connectivity index (χ3v) is 7.50. The van der Waals surface area contributed by atoms with Gasteiger partial charge in [0.25, 0.3) is 0 Å². The zero-order chi connectivity index (χ0) is 24.3. The monoisotopic (exact) mass is 473 g/mol.